The number of aliphatic hydroxyl groups is 1. The Balaban J connectivity index is 2.82. The molecular weight excluding hydrogens is 206 g/mol. The van der Waals surface area contributed by atoms with Crippen LogP contribution in [-0.4, -0.2) is 43.3 Å². The van der Waals surface area contributed by atoms with E-state index in [1.165, 1.54) is 7.11 Å². The van der Waals surface area contributed by atoms with Crippen molar-refractivity contribution in [2.75, 3.05) is 27.3 Å². The first-order valence-corrected chi connectivity index (χ1v) is 5.14. The molecule has 0 unspecified atom stereocenters. The highest BCUT2D eigenvalue weighted by atomic mass is 16.5. The molecule has 0 saturated heterocycles. The zero-order valence-electron chi connectivity index (χ0n) is 9.64. The Bertz CT molecular complexity index is 352. The van der Waals surface area contributed by atoms with Crippen molar-refractivity contribution in [3.63, 3.8) is 0 Å². The van der Waals surface area contributed by atoms with Gasteiger partial charge in [-0.25, -0.2) is 4.79 Å². The molecule has 0 saturated carbocycles. The maximum Gasteiger partial charge on any atom is 0.338 e. The molecule has 4 nitrogen and oxygen atoms in total. The van der Waals surface area contributed by atoms with Crippen LogP contribution >= 0.6 is 0 Å². The lowest BCUT2D eigenvalue weighted by Gasteiger charge is -2.16. The number of aliphatic hydroxyl groups excluding tert-OH is 1. The molecule has 1 N–H and O–H groups in total. The predicted molar refractivity (Wildman–Crippen MR) is 61.2 cm³/mol. The second-order valence-corrected chi connectivity index (χ2v) is 3.61. The van der Waals surface area contributed by atoms with Gasteiger partial charge < -0.3 is 9.84 Å². The zero-order valence-corrected chi connectivity index (χ0v) is 9.64. The fraction of sp³-hybridized carbons (Fsp3) is 0.417. The van der Waals surface area contributed by atoms with Crippen molar-refractivity contribution in [3.8, 4) is 0 Å². The van der Waals surface area contributed by atoms with Crippen LogP contribution in [0.1, 0.15) is 15.9 Å². The number of likely N-dealkylation sites (N-methyl/N-ethyl adjacent to an activating group) is 1. The number of methoxy groups -OCH3 is 1. The highest BCUT2D eigenvalue weighted by Crippen LogP contribution is 2.11. The van der Waals surface area contributed by atoms with Crippen molar-refractivity contribution in [1.82, 2.24) is 4.90 Å². The molecule has 0 aliphatic carbocycles. The summed E-state index contributed by atoms with van der Waals surface area (Å²) in [6.45, 7) is 1.30. The summed E-state index contributed by atoms with van der Waals surface area (Å²) in [5.74, 6) is -0.326. The van der Waals surface area contributed by atoms with Gasteiger partial charge in [0.2, 0.25) is 0 Å². The molecular formula is C12H17NO3. The molecule has 1 rings (SSSR count). The van der Waals surface area contributed by atoms with E-state index in [4.69, 9.17) is 9.84 Å². The molecule has 1 aromatic carbocycles. The van der Waals surface area contributed by atoms with Gasteiger partial charge in [-0.3, -0.25) is 4.90 Å². The Kier molecular flexibility index (Phi) is 4.95. The van der Waals surface area contributed by atoms with Gasteiger partial charge >= 0.3 is 5.97 Å². The molecule has 0 spiro atoms. The Labute approximate surface area is 95.5 Å². The average molecular weight is 223 g/mol. The first kappa shape index (κ1) is 12.7. The third kappa shape index (κ3) is 3.32. The molecule has 0 aliphatic heterocycles. The van der Waals surface area contributed by atoms with Crippen molar-refractivity contribution >= 4 is 5.97 Å². The second kappa shape index (κ2) is 6.25. The Hall–Kier alpha value is -1.39. The maximum absolute atomic E-state index is 11.5. The van der Waals surface area contributed by atoms with Gasteiger partial charge in [-0.05, 0) is 18.7 Å². The summed E-state index contributed by atoms with van der Waals surface area (Å²) in [5, 5.41) is 8.81. The van der Waals surface area contributed by atoms with E-state index in [2.05, 4.69) is 0 Å². The molecule has 0 radical (unpaired) electrons. The number of carbonyl (C=O) groups excluding carboxylic acids is 1. The monoisotopic (exact) mass is 223 g/mol. The number of rotatable bonds is 5. The van der Waals surface area contributed by atoms with E-state index in [1.54, 1.807) is 6.07 Å². The van der Waals surface area contributed by atoms with Crippen LogP contribution in [0.5, 0.6) is 0 Å². The molecule has 88 valence electrons. The highest BCUT2D eigenvalue weighted by molar-refractivity contribution is 5.90. The van der Waals surface area contributed by atoms with Gasteiger partial charge in [-0.2, -0.15) is 0 Å². The second-order valence-electron chi connectivity index (χ2n) is 3.61. The minimum atomic E-state index is -0.326. The van der Waals surface area contributed by atoms with Crippen molar-refractivity contribution in [2.45, 2.75) is 6.54 Å². The summed E-state index contributed by atoms with van der Waals surface area (Å²) >= 11 is 0. The molecule has 1 aromatic rings. The standard InChI is InChI=1S/C12H17NO3/c1-13(7-8-14)9-10-5-3-4-6-11(10)12(15)16-2/h3-6,14H,7-9H2,1-2H3. The van der Waals surface area contributed by atoms with E-state index in [-0.39, 0.29) is 12.6 Å². The molecule has 0 aromatic heterocycles. The van der Waals surface area contributed by atoms with Gasteiger partial charge in [0.15, 0.2) is 0 Å². The third-order valence-electron chi connectivity index (χ3n) is 2.34. The molecule has 16 heavy (non-hydrogen) atoms. The molecule has 0 aliphatic rings. The van der Waals surface area contributed by atoms with E-state index in [9.17, 15) is 4.79 Å². The fourth-order valence-electron chi connectivity index (χ4n) is 1.51. The van der Waals surface area contributed by atoms with Crippen molar-refractivity contribution in [2.24, 2.45) is 0 Å². The van der Waals surface area contributed by atoms with Gasteiger partial charge in [0, 0.05) is 13.1 Å². The number of esters is 1. The van der Waals surface area contributed by atoms with Gasteiger partial charge in [0.1, 0.15) is 0 Å². The molecule has 4 heteroatoms. The highest BCUT2D eigenvalue weighted by Gasteiger charge is 2.11. The van der Waals surface area contributed by atoms with Crippen LogP contribution in [-0.2, 0) is 11.3 Å². The molecule has 0 bridgehead atoms. The smallest absolute Gasteiger partial charge is 0.338 e. The molecule has 0 fully saturated rings. The summed E-state index contributed by atoms with van der Waals surface area (Å²) in [6.07, 6.45) is 0. The maximum atomic E-state index is 11.5. The van der Waals surface area contributed by atoms with Crippen molar-refractivity contribution in [3.05, 3.63) is 35.4 Å². The number of ether oxygens (including phenoxy) is 1. The van der Waals surface area contributed by atoms with Gasteiger partial charge in [-0.15, -0.1) is 0 Å². The van der Waals surface area contributed by atoms with E-state index in [0.29, 0.717) is 18.7 Å². The minimum Gasteiger partial charge on any atom is -0.465 e. The first-order chi connectivity index (χ1) is 7.69. The van der Waals surface area contributed by atoms with Crippen LogP contribution in [0.3, 0.4) is 0 Å². The van der Waals surface area contributed by atoms with Crippen LogP contribution in [0.15, 0.2) is 24.3 Å². The normalized spacial score (nSPS) is 10.5. The van der Waals surface area contributed by atoms with Gasteiger partial charge in [-0.1, -0.05) is 18.2 Å². The average Bonchev–Trinajstić information content (AvgIpc) is 2.29. The van der Waals surface area contributed by atoms with Gasteiger partial charge in [0.25, 0.3) is 0 Å². The van der Waals surface area contributed by atoms with Crippen molar-refractivity contribution < 1.29 is 14.6 Å². The van der Waals surface area contributed by atoms with E-state index < -0.39 is 0 Å². The largest absolute Gasteiger partial charge is 0.465 e. The van der Waals surface area contributed by atoms with Crippen LogP contribution < -0.4 is 0 Å². The Morgan fingerprint density at radius 2 is 2.12 bits per heavy atom. The number of hydrogen-bond acceptors (Lipinski definition) is 4. The topological polar surface area (TPSA) is 49.8 Å². The van der Waals surface area contributed by atoms with Crippen LogP contribution in [0, 0.1) is 0 Å². The zero-order chi connectivity index (χ0) is 12.0. The first-order valence-electron chi connectivity index (χ1n) is 5.14. The predicted octanol–water partition coefficient (Wildman–Crippen LogP) is 0.897. The summed E-state index contributed by atoms with van der Waals surface area (Å²) < 4.78 is 4.71. The van der Waals surface area contributed by atoms with E-state index in [0.717, 1.165) is 5.56 Å². The lowest BCUT2D eigenvalue weighted by Crippen LogP contribution is -2.22. The molecule has 0 heterocycles. The summed E-state index contributed by atoms with van der Waals surface area (Å²) in [4.78, 5) is 13.4. The summed E-state index contributed by atoms with van der Waals surface area (Å²) in [6, 6.07) is 7.32. The molecule has 0 amide bonds. The van der Waals surface area contributed by atoms with Crippen molar-refractivity contribution in [1.29, 1.82) is 0 Å². The lowest BCUT2D eigenvalue weighted by molar-refractivity contribution is 0.0598. The van der Waals surface area contributed by atoms with Crippen LogP contribution in [0.4, 0.5) is 0 Å². The Morgan fingerprint density at radius 1 is 1.44 bits per heavy atom. The van der Waals surface area contributed by atoms with Crippen LogP contribution in [0.25, 0.3) is 0 Å². The SMILES string of the molecule is COC(=O)c1ccccc1CN(C)CCO. The lowest BCUT2D eigenvalue weighted by atomic mass is 10.1. The van der Waals surface area contributed by atoms with E-state index in [1.807, 2.05) is 30.1 Å². The van der Waals surface area contributed by atoms with Gasteiger partial charge in [0.05, 0.1) is 19.3 Å². The third-order valence-corrected chi connectivity index (χ3v) is 2.34. The minimum absolute atomic E-state index is 0.108. The number of hydrogen-bond donors (Lipinski definition) is 1. The summed E-state index contributed by atoms with van der Waals surface area (Å²) in [7, 11) is 3.26. The fourth-order valence-corrected chi connectivity index (χ4v) is 1.51. The number of carbonyl (C=O) groups is 1. The quantitative estimate of drug-likeness (QED) is 0.753. The number of benzene rings is 1. The number of nitrogens with zero attached hydrogens (tertiary/aromatic N) is 1. The van der Waals surface area contributed by atoms with E-state index >= 15 is 0 Å². The Morgan fingerprint density at radius 3 is 2.75 bits per heavy atom. The van der Waals surface area contributed by atoms with Crippen LogP contribution in [0.2, 0.25) is 0 Å². The summed E-state index contributed by atoms with van der Waals surface area (Å²) in [5.41, 5.74) is 1.49. The molecule has 0 atom stereocenters.